The number of thiophene rings is 1. The van der Waals surface area contributed by atoms with E-state index in [-0.39, 0.29) is 30.7 Å². The van der Waals surface area contributed by atoms with E-state index in [2.05, 4.69) is 15.3 Å². The number of amides is 2. The molecule has 0 atom stereocenters. The van der Waals surface area contributed by atoms with E-state index < -0.39 is 5.76 Å². The van der Waals surface area contributed by atoms with Gasteiger partial charge in [-0.05, 0) is 24.3 Å². The Hall–Kier alpha value is -2.46. The third-order valence-corrected chi connectivity index (χ3v) is 5.77. The molecule has 4 rings (SSSR count). The van der Waals surface area contributed by atoms with Gasteiger partial charge < -0.3 is 14.6 Å². The first kappa shape index (κ1) is 18.9. The van der Waals surface area contributed by atoms with E-state index >= 15 is 0 Å². The quantitative estimate of drug-likeness (QED) is 0.715. The number of carbonyl (C=O) groups excluding carboxylic acids is 2. The van der Waals surface area contributed by atoms with E-state index in [0.29, 0.717) is 38.8 Å². The van der Waals surface area contributed by atoms with E-state index in [4.69, 9.17) is 4.42 Å². The van der Waals surface area contributed by atoms with Crippen molar-refractivity contribution in [3.05, 3.63) is 28.1 Å². The molecule has 2 fully saturated rings. The highest BCUT2D eigenvalue weighted by atomic mass is 32.1. The van der Waals surface area contributed by atoms with E-state index in [9.17, 15) is 14.4 Å². The summed E-state index contributed by atoms with van der Waals surface area (Å²) in [6.07, 6.45) is 2.35. The number of hydrogen-bond donors (Lipinski definition) is 1. The van der Waals surface area contributed by atoms with Crippen molar-refractivity contribution in [2.75, 3.05) is 32.7 Å². The second-order valence-corrected chi connectivity index (χ2v) is 8.07. The van der Waals surface area contributed by atoms with Crippen molar-refractivity contribution in [1.29, 1.82) is 0 Å². The number of nitrogens with one attached hydrogen (secondary N) is 1. The maximum atomic E-state index is 12.5. The van der Waals surface area contributed by atoms with Crippen molar-refractivity contribution in [2.24, 2.45) is 0 Å². The molecule has 150 valence electrons. The first-order valence-electron chi connectivity index (χ1n) is 9.50. The van der Waals surface area contributed by atoms with Crippen LogP contribution in [0, 0.1) is 0 Å². The van der Waals surface area contributed by atoms with Crippen LogP contribution in [0.15, 0.2) is 26.7 Å². The molecule has 2 aromatic heterocycles. The van der Waals surface area contributed by atoms with Crippen LogP contribution in [0.5, 0.6) is 0 Å². The van der Waals surface area contributed by atoms with Gasteiger partial charge in [0.2, 0.25) is 11.8 Å². The summed E-state index contributed by atoms with van der Waals surface area (Å²) in [5.41, 5.74) is 0. The van der Waals surface area contributed by atoms with Crippen molar-refractivity contribution in [2.45, 2.75) is 31.8 Å². The minimum Gasteiger partial charge on any atom is -0.387 e. The molecular weight excluding hydrogens is 382 g/mol. The summed E-state index contributed by atoms with van der Waals surface area (Å²) < 4.78 is 6.36. The highest BCUT2D eigenvalue weighted by Crippen LogP contribution is 2.21. The highest BCUT2D eigenvalue weighted by molar-refractivity contribution is 7.13. The fourth-order valence-electron chi connectivity index (χ4n) is 3.17. The summed E-state index contributed by atoms with van der Waals surface area (Å²) in [6, 6.07) is 4.06. The summed E-state index contributed by atoms with van der Waals surface area (Å²) >= 11 is 1.44. The lowest BCUT2D eigenvalue weighted by atomic mass is 10.2. The van der Waals surface area contributed by atoms with Crippen LogP contribution in [0.4, 0.5) is 0 Å². The lowest BCUT2D eigenvalue weighted by molar-refractivity contribution is -0.133. The number of aromatic nitrogens is 2. The van der Waals surface area contributed by atoms with Gasteiger partial charge in [0.25, 0.3) is 5.89 Å². The third-order valence-electron chi connectivity index (χ3n) is 4.91. The molecule has 10 heteroatoms. The first-order valence-corrected chi connectivity index (χ1v) is 10.4. The van der Waals surface area contributed by atoms with E-state index in [1.54, 1.807) is 4.90 Å². The third kappa shape index (κ3) is 4.68. The molecule has 0 unspecified atom stereocenters. The van der Waals surface area contributed by atoms with Gasteiger partial charge in [-0.25, -0.2) is 4.79 Å². The maximum absolute atomic E-state index is 12.5. The van der Waals surface area contributed by atoms with E-state index in [1.165, 1.54) is 16.0 Å². The fraction of sp³-hybridized carbons (Fsp3) is 0.556. The van der Waals surface area contributed by atoms with Crippen molar-refractivity contribution in [3.8, 4) is 10.8 Å². The van der Waals surface area contributed by atoms with Crippen molar-refractivity contribution in [3.63, 3.8) is 0 Å². The predicted octanol–water partition coefficient (Wildman–Crippen LogP) is 0.378. The molecule has 1 N–H and O–H groups in total. The molecule has 2 amide bonds. The summed E-state index contributed by atoms with van der Waals surface area (Å²) in [6.45, 7) is 3.11. The number of hydrogen-bond acceptors (Lipinski definition) is 7. The molecule has 1 saturated heterocycles. The lowest BCUT2D eigenvalue weighted by Gasteiger charge is -2.34. The molecule has 1 aliphatic heterocycles. The minimum atomic E-state index is -0.553. The Morgan fingerprint density at radius 3 is 2.71 bits per heavy atom. The molecule has 0 bridgehead atoms. The van der Waals surface area contributed by atoms with Crippen LogP contribution in [0.3, 0.4) is 0 Å². The zero-order valence-corrected chi connectivity index (χ0v) is 16.3. The number of carbonyl (C=O) groups is 2. The van der Waals surface area contributed by atoms with Gasteiger partial charge in [-0.2, -0.15) is 4.68 Å². The second kappa shape index (κ2) is 8.27. The number of aryl methyl sites for hydroxylation is 1. The highest BCUT2D eigenvalue weighted by Gasteiger charge is 2.26. The zero-order chi connectivity index (χ0) is 19.5. The Bertz CT molecular complexity index is 878. The van der Waals surface area contributed by atoms with Gasteiger partial charge in [-0.1, -0.05) is 6.07 Å². The van der Waals surface area contributed by atoms with Crippen LogP contribution >= 0.6 is 11.3 Å². The molecule has 1 aliphatic carbocycles. The molecule has 0 aromatic carbocycles. The van der Waals surface area contributed by atoms with Gasteiger partial charge in [0.15, 0.2) is 0 Å². The van der Waals surface area contributed by atoms with Crippen LogP contribution in [0.2, 0.25) is 0 Å². The molecule has 0 spiro atoms. The van der Waals surface area contributed by atoms with Gasteiger partial charge in [-0.15, -0.1) is 16.4 Å². The predicted molar refractivity (Wildman–Crippen MR) is 103 cm³/mol. The Balaban J connectivity index is 1.23. The Kier molecular flexibility index (Phi) is 5.58. The lowest BCUT2D eigenvalue weighted by Crippen LogP contribution is -2.51. The molecular formula is C18H23N5O4S. The van der Waals surface area contributed by atoms with Crippen LogP contribution in [-0.4, -0.2) is 70.2 Å². The van der Waals surface area contributed by atoms with Crippen molar-refractivity contribution < 1.29 is 14.0 Å². The standard InChI is InChI=1S/C18H23N5O4S/c24-15(19-13-3-4-13)12-21-7-9-22(10-8-21)16(25)5-6-23-18(26)27-17(20-23)14-2-1-11-28-14/h1-2,11,13H,3-10,12H2,(H,19,24). The summed E-state index contributed by atoms with van der Waals surface area (Å²) in [7, 11) is 0. The summed E-state index contributed by atoms with van der Waals surface area (Å²) in [5.74, 6) is -0.225. The summed E-state index contributed by atoms with van der Waals surface area (Å²) in [4.78, 5) is 40.9. The van der Waals surface area contributed by atoms with Crippen LogP contribution in [0.1, 0.15) is 19.3 Å². The fourth-order valence-corrected chi connectivity index (χ4v) is 3.81. The van der Waals surface area contributed by atoms with Crippen LogP contribution in [0.25, 0.3) is 10.8 Å². The molecule has 1 saturated carbocycles. The van der Waals surface area contributed by atoms with E-state index in [1.807, 2.05) is 17.5 Å². The van der Waals surface area contributed by atoms with Gasteiger partial charge >= 0.3 is 5.76 Å². The normalized spacial score (nSPS) is 17.6. The maximum Gasteiger partial charge on any atom is 0.437 e. The minimum absolute atomic E-state index is 0.0188. The van der Waals surface area contributed by atoms with E-state index in [0.717, 1.165) is 17.7 Å². The second-order valence-electron chi connectivity index (χ2n) is 7.12. The number of nitrogens with zero attached hydrogens (tertiary/aromatic N) is 4. The number of piperazine rings is 1. The molecule has 0 radical (unpaired) electrons. The summed E-state index contributed by atoms with van der Waals surface area (Å²) in [5, 5.41) is 9.03. The average Bonchev–Trinajstić information content (AvgIpc) is 3.18. The molecule has 2 aromatic rings. The molecule has 3 heterocycles. The topological polar surface area (TPSA) is 101 Å². The average molecular weight is 405 g/mol. The molecule has 9 nitrogen and oxygen atoms in total. The van der Waals surface area contributed by atoms with Gasteiger partial charge in [0.1, 0.15) is 0 Å². The molecule has 28 heavy (non-hydrogen) atoms. The monoisotopic (exact) mass is 405 g/mol. The van der Waals surface area contributed by atoms with Gasteiger partial charge in [0.05, 0.1) is 18.0 Å². The Morgan fingerprint density at radius 1 is 1.25 bits per heavy atom. The Labute approximate surface area is 165 Å². The first-order chi connectivity index (χ1) is 13.6. The van der Waals surface area contributed by atoms with Crippen LogP contribution < -0.4 is 11.1 Å². The zero-order valence-electron chi connectivity index (χ0n) is 15.5. The van der Waals surface area contributed by atoms with Gasteiger partial charge in [0, 0.05) is 38.6 Å². The van der Waals surface area contributed by atoms with Gasteiger partial charge in [-0.3, -0.25) is 14.5 Å². The molecule has 2 aliphatic rings. The largest absolute Gasteiger partial charge is 0.437 e. The SMILES string of the molecule is O=C(CN1CCN(C(=O)CCn2nc(-c3cccs3)oc2=O)CC1)NC1CC1. The van der Waals surface area contributed by atoms with Crippen molar-refractivity contribution >= 4 is 23.2 Å². The van der Waals surface area contributed by atoms with Crippen molar-refractivity contribution in [1.82, 2.24) is 24.9 Å². The smallest absolute Gasteiger partial charge is 0.387 e. The number of rotatable bonds is 7. The van der Waals surface area contributed by atoms with Crippen LogP contribution in [-0.2, 0) is 16.1 Å². The Morgan fingerprint density at radius 2 is 2.04 bits per heavy atom.